The first-order valence-corrected chi connectivity index (χ1v) is 7.36. The summed E-state index contributed by atoms with van der Waals surface area (Å²) in [5.74, 6) is -0.543. The molecule has 120 valence electrons. The molecule has 1 aliphatic rings. The Labute approximate surface area is 124 Å². The van der Waals surface area contributed by atoms with Gasteiger partial charge in [0.15, 0.2) is 0 Å². The lowest BCUT2D eigenvalue weighted by Gasteiger charge is -2.34. The van der Waals surface area contributed by atoms with Gasteiger partial charge in [-0.2, -0.15) is 0 Å². The lowest BCUT2D eigenvalue weighted by atomic mass is 9.92. The van der Waals surface area contributed by atoms with E-state index in [9.17, 15) is 14.4 Å². The molecule has 0 aromatic rings. The minimum absolute atomic E-state index is 0.124. The summed E-state index contributed by atoms with van der Waals surface area (Å²) < 4.78 is 0. The fraction of sp³-hybridized carbons (Fsp3) is 0.786. The molecule has 1 aliphatic heterocycles. The van der Waals surface area contributed by atoms with Crippen LogP contribution in [0.1, 0.15) is 39.5 Å². The molecule has 0 saturated carbocycles. The van der Waals surface area contributed by atoms with Crippen molar-refractivity contribution in [2.75, 3.05) is 13.1 Å². The van der Waals surface area contributed by atoms with Crippen LogP contribution in [0, 0.1) is 11.8 Å². The summed E-state index contributed by atoms with van der Waals surface area (Å²) in [6.45, 7) is 5.02. The van der Waals surface area contributed by atoms with Gasteiger partial charge >= 0.3 is 12.0 Å². The van der Waals surface area contributed by atoms with Crippen LogP contribution in [-0.4, -0.2) is 47.0 Å². The first-order valence-electron chi connectivity index (χ1n) is 7.36. The molecule has 1 unspecified atom stereocenters. The van der Waals surface area contributed by atoms with Crippen molar-refractivity contribution in [3.8, 4) is 0 Å². The van der Waals surface area contributed by atoms with Gasteiger partial charge in [0, 0.05) is 19.5 Å². The maximum Gasteiger partial charge on any atom is 0.312 e. The third-order valence-electron chi connectivity index (χ3n) is 3.71. The third-order valence-corrected chi connectivity index (χ3v) is 3.71. The Morgan fingerprint density at radius 1 is 1.29 bits per heavy atom. The van der Waals surface area contributed by atoms with E-state index in [1.807, 2.05) is 13.8 Å². The lowest BCUT2D eigenvalue weighted by molar-refractivity contribution is -0.139. The summed E-state index contributed by atoms with van der Waals surface area (Å²) >= 11 is 0. The summed E-state index contributed by atoms with van der Waals surface area (Å²) in [4.78, 5) is 35.9. The standard InChI is InChI=1S/C14H25N3O4/c1-9(2)7-11(16-14(15)21)13(20)17-5-3-10(4-6-17)8-12(18)19/h9-11H,3-8H2,1-2H3,(H,18,19)(H3,15,16,21). The zero-order valence-electron chi connectivity index (χ0n) is 12.7. The number of hydrogen-bond acceptors (Lipinski definition) is 3. The van der Waals surface area contributed by atoms with Gasteiger partial charge in [0.2, 0.25) is 5.91 Å². The average Bonchev–Trinajstić information content (AvgIpc) is 2.36. The summed E-state index contributed by atoms with van der Waals surface area (Å²) in [5.41, 5.74) is 5.13. The smallest absolute Gasteiger partial charge is 0.312 e. The molecule has 1 saturated heterocycles. The van der Waals surface area contributed by atoms with E-state index in [0.29, 0.717) is 32.4 Å². The van der Waals surface area contributed by atoms with Gasteiger partial charge in [-0.25, -0.2) is 4.79 Å². The molecule has 0 bridgehead atoms. The van der Waals surface area contributed by atoms with Crippen LogP contribution < -0.4 is 11.1 Å². The lowest BCUT2D eigenvalue weighted by Crippen LogP contribution is -2.52. The number of carboxylic acid groups (broad SMARTS) is 1. The number of rotatable bonds is 6. The molecule has 4 N–H and O–H groups in total. The zero-order chi connectivity index (χ0) is 16.0. The number of carboxylic acids is 1. The molecule has 1 fully saturated rings. The Balaban J connectivity index is 2.56. The van der Waals surface area contributed by atoms with Gasteiger partial charge < -0.3 is 21.1 Å². The second kappa shape index (κ2) is 7.85. The Hall–Kier alpha value is -1.79. The van der Waals surface area contributed by atoms with Crippen LogP contribution in [0.3, 0.4) is 0 Å². The van der Waals surface area contributed by atoms with Crippen molar-refractivity contribution in [3.63, 3.8) is 0 Å². The zero-order valence-corrected chi connectivity index (χ0v) is 12.7. The van der Waals surface area contributed by atoms with Crippen molar-refractivity contribution in [1.29, 1.82) is 0 Å². The number of aliphatic carboxylic acids is 1. The van der Waals surface area contributed by atoms with Crippen molar-refractivity contribution in [2.24, 2.45) is 17.6 Å². The van der Waals surface area contributed by atoms with E-state index in [1.165, 1.54) is 0 Å². The van der Waals surface area contributed by atoms with E-state index in [1.54, 1.807) is 4.90 Å². The van der Waals surface area contributed by atoms with E-state index < -0.39 is 18.0 Å². The molecule has 7 heteroatoms. The third kappa shape index (κ3) is 6.01. The number of amides is 3. The Bertz CT molecular complexity index is 390. The van der Waals surface area contributed by atoms with Crippen molar-refractivity contribution in [2.45, 2.75) is 45.6 Å². The Kier molecular flexibility index (Phi) is 6.45. The largest absolute Gasteiger partial charge is 0.481 e. The van der Waals surface area contributed by atoms with E-state index in [0.717, 1.165) is 0 Å². The quantitative estimate of drug-likeness (QED) is 0.672. The molecule has 3 amide bonds. The Morgan fingerprint density at radius 3 is 2.29 bits per heavy atom. The molecule has 1 atom stereocenters. The molecular weight excluding hydrogens is 274 g/mol. The maximum absolute atomic E-state index is 12.4. The summed E-state index contributed by atoms with van der Waals surface area (Å²) in [5, 5.41) is 11.3. The number of carbonyl (C=O) groups is 3. The molecule has 7 nitrogen and oxygen atoms in total. The minimum atomic E-state index is -0.798. The topological polar surface area (TPSA) is 113 Å². The van der Waals surface area contributed by atoms with Crippen molar-refractivity contribution in [3.05, 3.63) is 0 Å². The fourth-order valence-corrected chi connectivity index (χ4v) is 2.69. The van der Waals surface area contributed by atoms with E-state index >= 15 is 0 Å². The van der Waals surface area contributed by atoms with Gasteiger partial charge in [-0.1, -0.05) is 13.8 Å². The maximum atomic E-state index is 12.4. The highest BCUT2D eigenvalue weighted by Crippen LogP contribution is 2.21. The molecular formula is C14H25N3O4. The number of likely N-dealkylation sites (tertiary alicyclic amines) is 1. The molecule has 0 aliphatic carbocycles. The molecule has 21 heavy (non-hydrogen) atoms. The van der Waals surface area contributed by atoms with Crippen molar-refractivity contribution in [1.82, 2.24) is 10.2 Å². The van der Waals surface area contributed by atoms with E-state index in [2.05, 4.69) is 5.32 Å². The van der Waals surface area contributed by atoms with Crippen LogP contribution in [0.5, 0.6) is 0 Å². The number of hydrogen-bond donors (Lipinski definition) is 3. The highest BCUT2D eigenvalue weighted by Gasteiger charge is 2.29. The van der Waals surface area contributed by atoms with Crippen LogP contribution in [0.2, 0.25) is 0 Å². The first kappa shape index (κ1) is 17.3. The SMILES string of the molecule is CC(C)CC(NC(N)=O)C(=O)N1CCC(CC(=O)O)CC1. The fourth-order valence-electron chi connectivity index (χ4n) is 2.69. The van der Waals surface area contributed by atoms with Gasteiger partial charge in [0.25, 0.3) is 0 Å². The Morgan fingerprint density at radius 2 is 1.86 bits per heavy atom. The van der Waals surface area contributed by atoms with Gasteiger partial charge in [-0.15, -0.1) is 0 Å². The predicted molar refractivity (Wildman–Crippen MR) is 77.5 cm³/mol. The van der Waals surface area contributed by atoms with E-state index in [4.69, 9.17) is 10.8 Å². The highest BCUT2D eigenvalue weighted by atomic mass is 16.4. The molecule has 0 radical (unpaired) electrons. The van der Waals surface area contributed by atoms with Gasteiger partial charge in [0.1, 0.15) is 6.04 Å². The van der Waals surface area contributed by atoms with Crippen LogP contribution >= 0.6 is 0 Å². The molecule has 1 heterocycles. The van der Waals surface area contributed by atoms with Crippen LogP contribution in [0.15, 0.2) is 0 Å². The average molecular weight is 299 g/mol. The van der Waals surface area contributed by atoms with Crippen molar-refractivity contribution < 1.29 is 19.5 Å². The second-order valence-corrected chi connectivity index (χ2v) is 6.06. The number of nitrogens with one attached hydrogen (secondary N) is 1. The van der Waals surface area contributed by atoms with Gasteiger partial charge in [-0.05, 0) is 31.1 Å². The van der Waals surface area contributed by atoms with Crippen LogP contribution in [0.4, 0.5) is 4.79 Å². The number of nitrogens with two attached hydrogens (primary N) is 1. The summed E-state index contributed by atoms with van der Waals surface area (Å²) in [7, 11) is 0. The molecule has 0 aromatic heterocycles. The van der Waals surface area contributed by atoms with Crippen LogP contribution in [0.25, 0.3) is 0 Å². The highest BCUT2D eigenvalue weighted by molar-refractivity contribution is 5.86. The summed E-state index contributed by atoms with van der Waals surface area (Å²) in [6.07, 6.45) is 2.06. The predicted octanol–water partition coefficient (Wildman–Crippen LogP) is 0.783. The number of primary amides is 1. The number of urea groups is 1. The number of piperidine rings is 1. The second-order valence-electron chi connectivity index (χ2n) is 6.06. The van der Waals surface area contributed by atoms with Crippen LogP contribution in [-0.2, 0) is 9.59 Å². The van der Waals surface area contributed by atoms with E-state index in [-0.39, 0.29) is 24.2 Å². The normalized spacial score (nSPS) is 17.6. The van der Waals surface area contributed by atoms with Crippen molar-refractivity contribution >= 4 is 17.9 Å². The first-order chi connectivity index (χ1) is 9.79. The monoisotopic (exact) mass is 299 g/mol. The number of carbonyl (C=O) groups excluding carboxylic acids is 2. The molecule has 1 rings (SSSR count). The molecule has 0 aromatic carbocycles. The van der Waals surface area contributed by atoms with Gasteiger partial charge in [-0.3, -0.25) is 9.59 Å². The summed E-state index contributed by atoms with van der Waals surface area (Å²) in [6, 6.07) is -1.30. The van der Waals surface area contributed by atoms with Gasteiger partial charge in [0.05, 0.1) is 0 Å². The number of nitrogens with zero attached hydrogens (tertiary/aromatic N) is 1. The minimum Gasteiger partial charge on any atom is -0.481 e. The molecule has 0 spiro atoms.